The topological polar surface area (TPSA) is 21.3 Å². The average Bonchev–Trinajstić information content (AvgIpc) is 2.35. The van der Waals surface area contributed by atoms with Crippen LogP contribution in [0, 0.1) is 0 Å². The summed E-state index contributed by atoms with van der Waals surface area (Å²) in [5, 5.41) is 3.61. The van der Waals surface area contributed by atoms with Gasteiger partial charge in [-0.1, -0.05) is 38.8 Å². The van der Waals surface area contributed by atoms with E-state index in [1.54, 1.807) is 0 Å². The van der Waals surface area contributed by atoms with Crippen molar-refractivity contribution in [2.45, 2.75) is 65.5 Å². The Labute approximate surface area is 112 Å². The van der Waals surface area contributed by atoms with E-state index in [0.29, 0.717) is 6.04 Å². The monoisotopic (exact) mass is 249 g/mol. The molecule has 0 aliphatic heterocycles. The molecule has 0 heterocycles. The highest BCUT2D eigenvalue weighted by molar-refractivity contribution is 5.56. The zero-order chi connectivity index (χ0) is 13.4. The lowest BCUT2D eigenvalue weighted by molar-refractivity contribution is 0.243. The largest absolute Gasteiger partial charge is 0.489 e. The van der Waals surface area contributed by atoms with Gasteiger partial charge in [0.05, 0.1) is 11.8 Å². The molecule has 1 rings (SSSR count). The van der Waals surface area contributed by atoms with Gasteiger partial charge in [-0.05, 0) is 38.8 Å². The fourth-order valence-corrected chi connectivity index (χ4v) is 1.99. The van der Waals surface area contributed by atoms with Gasteiger partial charge < -0.3 is 10.1 Å². The molecule has 0 aromatic heterocycles. The first-order valence-corrected chi connectivity index (χ1v) is 7.19. The maximum absolute atomic E-state index is 5.83. The van der Waals surface area contributed by atoms with Crippen LogP contribution in [0.3, 0.4) is 0 Å². The van der Waals surface area contributed by atoms with Gasteiger partial charge in [0.25, 0.3) is 0 Å². The molecule has 0 aliphatic rings. The standard InChI is InChI=1S/C16H27NO/c1-5-7-10-14(6-2)17-15-11-8-9-12-16(15)18-13(3)4/h8-9,11-14,17H,5-7,10H2,1-4H3. The molecule has 0 aliphatic carbocycles. The molecule has 102 valence electrons. The number of benzene rings is 1. The van der Waals surface area contributed by atoms with Gasteiger partial charge in [0, 0.05) is 6.04 Å². The molecular weight excluding hydrogens is 222 g/mol. The summed E-state index contributed by atoms with van der Waals surface area (Å²) >= 11 is 0. The number of hydrogen-bond donors (Lipinski definition) is 1. The number of anilines is 1. The first-order chi connectivity index (χ1) is 8.67. The Hall–Kier alpha value is -1.18. The molecule has 18 heavy (non-hydrogen) atoms. The van der Waals surface area contributed by atoms with E-state index in [4.69, 9.17) is 4.74 Å². The molecule has 2 heteroatoms. The molecule has 1 aromatic carbocycles. The minimum Gasteiger partial charge on any atom is -0.489 e. The number of unbranched alkanes of at least 4 members (excludes halogenated alkanes) is 1. The van der Waals surface area contributed by atoms with E-state index in [1.807, 2.05) is 12.1 Å². The van der Waals surface area contributed by atoms with E-state index < -0.39 is 0 Å². The highest BCUT2D eigenvalue weighted by atomic mass is 16.5. The molecule has 2 nitrogen and oxygen atoms in total. The molecule has 0 spiro atoms. The molecule has 1 atom stereocenters. The molecule has 0 saturated heterocycles. The number of rotatable bonds is 8. The van der Waals surface area contributed by atoms with Crippen molar-refractivity contribution < 1.29 is 4.74 Å². The second kappa shape index (κ2) is 8.02. The van der Waals surface area contributed by atoms with Crippen LogP contribution in [0.25, 0.3) is 0 Å². The third kappa shape index (κ3) is 4.99. The quantitative estimate of drug-likeness (QED) is 0.710. The lowest BCUT2D eigenvalue weighted by Crippen LogP contribution is -2.19. The highest BCUT2D eigenvalue weighted by Crippen LogP contribution is 2.26. The summed E-state index contributed by atoms with van der Waals surface area (Å²) < 4.78 is 5.83. The Morgan fingerprint density at radius 2 is 1.89 bits per heavy atom. The first kappa shape index (κ1) is 14.9. The fraction of sp³-hybridized carbons (Fsp3) is 0.625. The van der Waals surface area contributed by atoms with E-state index in [2.05, 4.69) is 45.1 Å². The summed E-state index contributed by atoms with van der Waals surface area (Å²) in [5.74, 6) is 0.961. The second-order valence-corrected chi connectivity index (χ2v) is 5.05. The lowest BCUT2D eigenvalue weighted by atomic mass is 10.1. The number of nitrogens with one attached hydrogen (secondary N) is 1. The van der Waals surface area contributed by atoms with E-state index in [0.717, 1.165) is 17.9 Å². The molecule has 0 fully saturated rings. The van der Waals surface area contributed by atoms with Crippen molar-refractivity contribution >= 4 is 5.69 Å². The van der Waals surface area contributed by atoms with Crippen LogP contribution < -0.4 is 10.1 Å². The van der Waals surface area contributed by atoms with Crippen LogP contribution in [0.15, 0.2) is 24.3 Å². The number of para-hydroxylation sites is 2. The zero-order valence-electron chi connectivity index (χ0n) is 12.2. The third-order valence-corrected chi connectivity index (χ3v) is 3.01. The molecule has 1 N–H and O–H groups in total. The molecule has 0 bridgehead atoms. The number of ether oxygens (including phenoxy) is 1. The van der Waals surface area contributed by atoms with Crippen molar-refractivity contribution in [1.29, 1.82) is 0 Å². The van der Waals surface area contributed by atoms with Crippen LogP contribution in [-0.2, 0) is 0 Å². The van der Waals surface area contributed by atoms with Crippen LogP contribution in [-0.4, -0.2) is 12.1 Å². The van der Waals surface area contributed by atoms with Gasteiger partial charge in [0.15, 0.2) is 0 Å². The van der Waals surface area contributed by atoms with Gasteiger partial charge in [-0.3, -0.25) is 0 Å². The molecule has 1 aromatic rings. The highest BCUT2D eigenvalue weighted by Gasteiger charge is 2.09. The minimum absolute atomic E-state index is 0.212. The maximum atomic E-state index is 5.83. The normalized spacial score (nSPS) is 12.5. The van der Waals surface area contributed by atoms with Crippen LogP contribution in [0.4, 0.5) is 5.69 Å². The van der Waals surface area contributed by atoms with Crippen LogP contribution in [0.2, 0.25) is 0 Å². The first-order valence-electron chi connectivity index (χ1n) is 7.19. The van der Waals surface area contributed by atoms with Crippen molar-refractivity contribution in [1.82, 2.24) is 0 Å². The summed E-state index contributed by atoms with van der Waals surface area (Å²) in [6, 6.07) is 8.76. The van der Waals surface area contributed by atoms with Crippen LogP contribution >= 0.6 is 0 Å². The Balaban J connectivity index is 2.69. The SMILES string of the molecule is CCCCC(CC)Nc1ccccc1OC(C)C. The van der Waals surface area contributed by atoms with Crippen LogP contribution in [0.1, 0.15) is 53.4 Å². The molecule has 0 radical (unpaired) electrons. The summed E-state index contributed by atoms with van der Waals surface area (Å²) in [6.45, 7) is 8.60. The Morgan fingerprint density at radius 3 is 2.50 bits per heavy atom. The zero-order valence-corrected chi connectivity index (χ0v) is 12.2. The third-order valence-electron chi connectivity index (χ3n) is 3.01. The van der Waals surface area contributed by atoms with Gasteiger partial charge in [0.2, 0.25) is 0 Å². The van der Waals surface area contributed by atoms with E-state index in [-0.39, 0.29) is 6.10 Å². The second-order valence-electron chi connectivity index (χ2n) is 5.05. The van der Waals surface area contributed by atoms with Crippen molar-refractivity contribution in [3.8, 4) is 5.75 Å². The van der Waals surface area contributed by atoms with Crippen molar-refractivity contribution in [2.75, 3.05) is 5.32 Å². The van der Waals surface area contributed by atoms with E-state index in [1.165, 1.54) is 19.3 Å². The van der Waals surface area contributed by atoms with Gasteiger partial charge in [-0.25, -0.2) is 0 Å². The maximum Gasteiger partial charge on any atom is 0.142 e. The summed E-state index contributed by atoms with van der Waals surface area (Å²) in [5.41, 5.74) is 1.12. The van der Waals surface area contributed by atoms with Crippen LogP contribution in [0.5, 0.6) is 5.75 Å². The Bertz CT molecular complexity index is 336. The summed E-state index contributed by atoms with van der Waals surface area (Å²) in [4.78, 5) is 0. The van der Waals surface area contributed by atoms with Gasteiger partial charge >= 0.3 is 0 Å². The average molecular weight is 249 g/mol. The summed E-state index contributed by atoms with van der Waals surface area (Å²) in [7, 11) is 0. The minimum atomic E-state index is 0.212. The Morgan fingerprint density at radius 1 is 1.17 bits per heavy atom. The van der Waals surface area contributed by atoms with Gasteiger partial charge in [-0.2, -0.15) is 0 Å². The molecule has 0 amide bonds. The van der Waals surface area contributed by atoms with Gasteiger partial charge in [-0.15, -0.1) is 0 Å². The van der Waals surface area contributed by atoms with Crippen molar-refractivity contribution in [2.24, 2.45) is 0 Å². The lowest BCUT2D eigenvalue weighted by Gasteiger charge is -2.21. The van der Waals surface area contributed by atoms with Crippen molar-refractivity contribution in [3.05, 3.63) is 24.3 Å². The predicted molar refractivity (Wildman–Crippen MR) is 79.4 cm³/mol. The molecule has 0 saturated carbocycles. The smallest absolute Gasteiger partial charge is 0.142 e. The number of hydrogen-bond acceptors (Lipinski definition) is 2. The molecular formula is C16H27NO. The van der Waals surface area contributed by atoms with E-state index >= 15 is 0 Å². The Kier molecular flexibility index (Phi) is 6.63. The summed E-state index contributed by atoms with van der Waals surface area (Å²) in [6.07, 6.45) is 5.11. The molecule has 1 unspecified atom stereocenters. The fourth-order valence-electron chi connectivity index (χ4n) is 1.99. The van der Waals surface area contributed by atoms with Crippen molar-refractivity contribution in [3.63, 3.8) is 0 Å². The van der Waals surface area contributed by atoms with Gasteiger partial charge in [0.1, 0.15) is 5.75 Å². The predicted octanol–water partition coefficient (Wildman–Crippen LogP) is 4.85. The van der Waals surface area contributed by atoms with E-state index in [9.17, 15) is 0 Å².